The minimum atomic E-state index is -0.982. The van der Waals surface area contributed by atoms with Crippen molar-refractivity contribution >= 4 is 5.78 Å². The summed E-state index contributed by atoms with van der Waals surface area (Å²) in [4.78, 5) is 11.9. The van der Waals surface area contributed by atoms with Crippen LogP contribution in [0.4, 0.5) is 0 Å². The molecule has 3 N–H and O–H groups in total. The lowest BCUT2D eigenvalue weighted by atomic mass is 9.88. The molecule has 0 spiro atoms. The van der Waals surface area contributed by atoms with Crippen LogP contribution < -0.4 is 4.74 Å². The van der Waals surface area contributed by atoms with E-state index in [1.54, 1.807) is 18.2 Å². The number of aliphatic hydroxyl groups excluding tert-OH is 3. The number of rotatable bonds is 4. The number of hydrogen-bond acceptors (Lipinski definition) is 5. The van der Waals surface area contributed by atoms with Crippen LogP contribution in [0.3, 0.4) is 0 Å². The van der Waals surface area contributed by atoms with Crippen LogP contribution in [0.5, 0.6) is 5.75 Å². The van der Waals surface area contributed by atoms with E-state index < -0.39 is 18.8 Å². The molecule has 0 amide bonds. The molecule has 0 heterocycles. The van der Waals surface area contributed by atoms with Gasteiger partial charge in [-0.15, -0.1) is 0 Å². The zero-order valence-electron chi connectivity index (χ0n) is 9.87. The molecule has 0 saturated heterocycles. The molecule has 2 rings (SSSR count). The lowest BCUT2D eigenvalue weighted by Gasteiger charge is -2.23. The molecule has 1 aliphatic rings. The lowest BCUT2D eigenvalue weighted by molar-refractivity contribution is 0.0526. The molecule has 0 bridgehead atoms. The first-order chi connectivity index (χ1) is 8.63. The average Bonchev–Trinajstić information content (AvgIpc) is 2.40. The van der Waals surface area contributed by atoms with E-state index >= 15 is 0 Å². The van der Waals surface area contributed by atoms with Gasteiger partial charge >= 0.3 is 0 Å². The number of fused-ring (bicyclic) bond motifs is 1. The summed E-state index contributed by atoms with van der Waals surface area (Å²) < 4.78 is 5.33. The summed E-state index contributed by atoms with van der Waals surface area (Å²) in [5, 5.41) is 27.8. The Bertz CT molecular complexity index is 443. The minimum absolute atomic E-state index is 0.0654. The van der Waals surface area contributed by atoms with Crippen LogP contribution in [0, 0.1) is 0 Å². The Kier molecular flexibility index (Phi) is 3.96. The third kappa shape index (κ3) is 2.53. The average molecular weight is 252 g/mol. The van der Waals surface area contributed by atoms with Crippen LogP contribution in [0.1, 0.15) is 34.9 Å². The number of benzene rings is 1. The quantitative estimate of drug-likeness (QED) is 0.723. The Hall–Kier alpha value is -1.43. The Morgan fingerprint density at radius 2 is 2.22 bits per heavy atom. The van der Waals surface area contributed by atoms with E-state index in [1.165, 1.54) is 0 Å². The predicted octanol–water partition coefficient (Wildman–Crippen LogP) is 0.428. The molecule has 0 aliphatic heterocycles. The SMILES string of the molecule is O=C1CCC(O)c2cccc(OCC(O)CO)c21. The Balaban J connectivity index is 2.26. The maximum atomic E-state index is 11.9. The summed E-state index contributed by atoms with van der Waals surface area (Å²) in [5.74, 6) is 0.285. The van der Waals surface area contributed by atoms with Crippen LogP contribution in [0.15, 0.2) is 18.2 Å². The van der Waals surface area contributed by atoms with Crippen molar-refractivity contribution in [2.24, 2.45) is 0 Å². The number of Topliss-reactive ketones (excluding diaryl/α,β-unsaturated/α-hetero) is 1. The van der Waals surface area contributed by atoms with Gasteiger partial charge in [-0.25, -0.2) is 0 Å². The summed E-state index contributed by atoms with van der Waals surface area (Å²) >= 11 is 0. The van der Waals surface area contributed by atoms with Gasteiger partial charge in [-0.3, -0.25) is 4.79 Å². The molecule has 1 aromatic carbocycles. The van der Waals surface area contributed by atoms with Crippen LogP contribution in [0.25, 0.3) is 0 Å². The van der Waals surface area contributed by atoms with Gasteiger partial charge in [-0.05, 0) is 18.1 Å². The summed E-state index contributed by atoms with van der Waals surface area (Å²) in [6.45, 7) is -0.484. The molecule has 1 aliphatic carbocycles. The number of hydrogen-bond donors (Lipinski definition) is 3. The molecule has 0 radical (unpaired) electrons. The van der Waals surface area contributed by atoms with Crippen molar-refractivity contribution in [3.05, 3.63) is 29.3 Å². The Morgan fingerprint density at radius 3 is 2.94 bits per heavy atom. The Labute approximate surface area is 105 Å². The second-order valence-corrected chi connectivity index (χ2v) is 4.35. The molecule has 5 heteroatoms. The van der Waals surface area contributed by atoms with Crippen molar-refractivity contribution in [1.29, 1.82) is 0 Å². The molecule has 0 aromatic heterocycles. The maximum Gasteiger partial charge on any atom is 0.167 e. The minimum Gasteiger partial charge on any atom is -0.490 e. The highest BCUT2D eigenvalue weighted by molar-refractivity contribution is 6.01. The van der Waals surface area contributed by atoms with Gasteiger partial charge < -0.3 is 20.1 Å². The topological polar surface area (TPSA) is 87.0 Å². The summed E-state index contributed by atoms with van der Waals surface area (Å²) in [6, 6.07) is 5.02. The van der Waals surface area contributed by atoms with E-state index in [4.69, 9.17) is 9.84 Å². The largest absolute Gasteiger partial charge is 0.490 e. The summed E-state index contributed by atoms with van der Waals surface area (Å²) in [5.41, 5.74) is 0.962. The van der Waals surface area contributed by atoms with Crippen molar-refractivity contribution in [2.45, 2.75) is 25.0 Å². The smallest absolute Gasteiger partial charge is 0.167 e. The highest BCUT2D eigenvalue weighted by Crippen LogP contribution is 2.35. The third-order valence-corrected chi connectivity index (χ3v) is 2.98. The first kappa shape index (κ1) is 13.0. The van der Waals surface area contributed by atoms with E-state index in [1.807, 2.05) is 0 Å². The fourth-order valence-corrected chi connectivity index (χ4v) is 2.03. The Morgan fingerprint density at radius 1 is 1.44 bits per heavy atom. The standard InChI is InChI=1S/C13H16O5/c14-6-8(15)7-18-12-3-1-2-9-10(16)4-5-11(17)13(9)12/h1-3,8,10,14-16H,4-7H2. The van der Waals surface area contributed by atoms with Crippen molar-refractivity contribution in [3.8, 4) is 5.75 Å². The first-order valence-corrected chi connectivity index (χ1v) is 5.89. The van der Waals surface area contributed by atoms with Gasteiger partial charge in [0.1, 0.15) is 18.5 Å². The zero-order chi connectivity index (χ0) is 13.1. The predicted molar refractivity (Wildman–Crippen MR) is 63.6 cm³/mol. The molecular weight excluding hydrogens is 236 g/mol. The second kappa shape index (κ2) is 5.48. The molecule has 98 valence electrons. The molecule has 1 aromatic rings. The van der Waals surface area contributed by atoms with Crippen LogP contribution in [-0.4, -0.2) is 40.4 Å². The maximum absolute atomic E-state index is 11.9. The number of ketones is 1. The second-order valence-electron chi connectivity index (χ2n) is 4.35. The molecule has 18 heavy (non-hydrogen) atoms. The van der Waals surface area contributed by atoms with Crippen LogP contribution >= 0.6 is 0 Å². The van der Waals surface area contributed by atoms with Gasteiger partial charge in [-0.1, -0.05) is 12.1 Å². The van der Waals surface area contributed by atoms with Gasteiger partial charge in [0.25, 0.3) is 0 Å². The number of ether oxygens (including phenoxy) is 1. The van der Waals surface area contributed by atoms with Gasteiger partial charge in [0.15, 0.2) is 5.78 Å². The van der Waals surface area contributed by atoms with Gasteiger partial charge in [0.05, 0.1) is 18.3 Å². The van der Waals surface area contributed by atoms with E-state index in [9.17, 15) is 15.0 Å². The van der Waals surface area contributed by atoms with Crippen molar-refractivity contribution in [3.63, 3.8) is 0 Å². The monoisotopic (exact) mass is 252 g/mol. The van der Waals surface area contributed by atoms with Gasteiger partial charge in [0.2, 0.25) is 0 Å². The third-order valence-electron chi connectivity index (χ3n) is 2.98. The normalized spacial score (nSPS) is 20.4. The van der Waals surface area contributed by atoms with Crippen molar-refractivity contribution < 1.29 is 24.9 Å². The summed E-state index contributed by atoms with van der Waals surface area (Å²) in [7, 11) is 0. The highest BCUT2D eigenvalue weighted by Gasteiger charge is 2.27. The number of carbonyl (C=O) groups excluding carboxylic acids is 1. The van der Waals surface area contributed by atoms with Crippen molar-refractivity contribution in [1.82, 2.24) is 0 Å². The van der Waals surface area contributed by atoms with E-state index in [2.05, 4.69) is 0 Å². The molecule has 0 fully saturated rings. The number of carbonyl (C=O) groups is 1. The fraction of sp³-hybridized carbons (Fsp3) is 0.462. The first-order valence-electron chi connectivity index (χ1n) is 5.89. The summed E-state index contributed by atoms with van der Waals surface area (Å²) in [6.07, 6.45) is -0.917. The van der Waals surface area contributed by atoms with E-state index in [0.29, 0.717) is 23.3 Å². The van der Waals surface area contributed by atoms with Crippen molar-refractivity contribution in [2.75, 3.05) is 13.2 Å². The highest BCUT2D eigenvalue weighted by atomic mass is 16.5. The van der Waals surface area contributed by atoms with Gasteiger partial charge in [-0.2, -0.15) is 0 Å². The fourth-order valence-electron chi connectivity index (χ4n) is 2.03. The van der Waals surface area contributed by atoms with Crippen LogP contribution in [0.2, 0.25) is 0 Å². The molecular formula is C13H16O5. The van der Waals surface area contributed by atoms with E-state index in [0.717, 1.165) is 0 Å². The van der Waals surface area contributed by atoms with Crippen LogP contribution in [-0.2, 0) is 0 Å². The molecule has 5 nitrogen and oxygen atoms in total. The van der Waals surface area contributed by atoms with Gasteiger partial charge in [0, 0.05) is 6.42 Å². The lowest BCUT2D eigenvalue weighted by Crippen LogP contribution is -2.23. The molecule has 0 saturated carbocycles. The molecule has 2 unspecified atom stereocenters. The molecule has 2 atom stereocenters. The zero-order valence-corrected chi connectivity index (χ0v) is 9.87. The van der Waals surface area contributed by atoms with E-state index in [-0.39, 0.29) is 18.8 Å². The number of aliphatic hydroxyl groups is 3.